The zero-order valence-electron chi connectivity index (χ0n) is 9.48. The van der Waals surface area contributed by atoms with Gasteiger partial charge in [0.2, 0.25) is 0 Å². The van der Waals surface area contributed by atoms with Crippen molar-refractivity contribution in [2.75, 3.05) is 0 Å². The molecule has 1 aliphatic carbocycles. The zero-order valence-corrected chi connectivity index (χ0v) is 9.48. The Morgan fingerprint density at radius 1 is 1.60 bits per heavy atom. The highest BCUT2D eigenvalue weighted by Gasteiger charge is 2.29. The first-order chi connectivity index (χ1) is 7.12. The number of nitrogens with zero attached hydrogens (tertiary/aromatic N) is 3. The lowest BCUT2D eigenvalue weighted by Crippen LogP contribution is -2.25. The molecule has 0 aliphatic heterocycles. The quantitative estimate of drug-likeness (QED) is 0.809. The lowest BCUT2D eigenvalue weighted by molar-refractivity contribution is 0.173. The molecular formula is C11H19N3O. The van der Waals surface area contributed by atoms with E-state index in [4.69, 9.17) is 5.11 Å². The van der Waals surface area contributed by atoms with Gasteiger partial charge in [0.15, 0.2) is 5.82 Å². The van der Waals surface area contributed by atoms with Crippen LogP contribution in [0.5, 0.6) is 0 Å². The van der Waals surface area contributed by atoms with Crippen molar-refractivity contribution in [3.63, 3.8) is 0 Å². The summed E-state index contributed by atoms with van der Waals surface area (Å²) in [5.74, 6) is 0.692. The molecule has 2 rings (SSSR count). The van der Waals surface area contributed by atoms with Crippen LogP contribution in [0.1, 0.15) is 51.4 Å². The summed E-state index contributed by atoms with van der Waals surface area (Å²) in [4.78, 5) is 0. The summed E-state index contributed by atoms with van der Waals surface area (Å²) < 4.78 is 2.04. The molecule has 0 spiro atoms. The topological polar surface area (TPSA) is 50.9 Å². The van der Waals surface area contributed by atoms with Gasteiger partial charge in [0, 0.05) is 6.04 Å². The highest BCUT2D eigenvalue weighted by molar-refractivity contribution is 4.91. The number of hydrogen-bond donors (Lipinski definition) is 1. The zero-order chi connectivity index (χ0) is 10.9. The van der Waals surface area contributed by atoms with Gasteiger partial charge in [0.1, 0.15) is 12.9 Å². The first-order valence-electron chi connectivity index (χ1n) is 5.62. The summed E-state index contributed by atoms with van der Waals surface area (Å²) in [6.07, 6.45) is 6.62. The van der Waals surface area contributed by atoms with Crippen molar-refractivity contribution in [3.05, 3.63) is 12.2 Å². The largest absolute Gasteiger partial charge is 0.388 e. The second-order valence-electron chi connectivity index (χ2n) is 5.23. The first-order valence-corrected chi connectivity index (χ1v) is 5.62. The summed E-state index contributed by atoms with van der Waals surface area (Å²) in [6.45, 7) is 4.60. The van der Waals surface area contributed by atoms with Crippen LogP contribution in [0.25, 0.3) is 0 Å². The average Bonchev–Trinajstić information content (AvgIpc) is 2.63. The van der Waals surface area contributed by atoms with Crippen LogP contribution >= 0.6 is 0 Å². The minimum Gasteiger partial charge on any atom is -0.388 e. The van der Waals surface area contributed by atoms with Gasteiger partial charge < -0.3 is 9.67 Å². The maximum absolute atomic E-state index is 9.14. The molecule has 0 amide bonds. The second-order valence-corrected chi connectivity index (χ2v) is 5.23. The molecule has 84 valence electrons. The van der Waals surface area contributed by atoms with Gasteiger partial charge in [-0.15, -0.1) is 10.2 Å². The molecule has 1 atom stereocenters. The standard InChI is InChI=1S/C11H19N3O/c1-11(2)5-3-4-9(6-11)14-8-12-13-10(14)7-15/h8-9,15H,3-7H2,1-2H3. The second kappa shape index (κ2) is 3.93. The van der Waals surface area contributed by atoms with Crippen molar-refractivity contribution >= 4 is 0 Å². The molecular weight excluding hydrogens is 190 g/mol. The molecule has 1 aromatic rings. The number of aliphatic hydroxyl groups is 1. The molecule has 1 saturated carbocycles. The number of rotatable bonds is 2. The maximum Gasteiger partial charge on any atom is 0.158 e. The van der Waals surface area contributed by atoms with Gasteiger partial charge in [0.05, 0.1) is 0 Å². The first kappa shape index (κ1) is 10.6. The van der Waals surface area contributed by atoms with Crippen molar-refractivity contribution in [1.29, 1.82) is 0 Å². The van der Waals surface area contributed by atoms with Gasteiger partial charge in [-0.3, -0.25) is 0 Å². The van der Waals surface area contributed by atoms with Crippen LogP contribution in [0.15, 0.2) is 6.33 Å². The molecule has 1 aromatic heterocycles. The van der Waals surface area contributed by atoms with Crippen LogP contribution in [-0.4, -0.2) is 19.9 Å². The Hall–Kier alpha value is -0.900. The van der Waals surface area contributed by atoms with Crippen molar-refractivity contribution in [1.82, 2.24) is 14.8 Å². The SMILES string of the molecule is CC1(C)CCCC(n2cnnc2CO)C1. The normalized spacial score (nSPS) is 25.4. The Bertz CT molecular complexity index is 332. The van der Waals surface area contributed by atoms with E-state index in [1.807, 2.05) is 4.57 Å². The molecule has 0 bridgehead atoms. The van der Waals surface area contributed by atoms with Crippen molar-refractivity contribution in [2.45, 2.75) is 52.2 Å². The average molecular weight is 209 g/mol. The molecule has 4 heteroatoms. The summed E-state index contributed by atoms with van der Waals surface area (Å²) in [7, 11) is 0. The molecule has 4 nitrogen and oxygen atoms in total. The number of hydrogen-bond acceptors (Lipinski definition) is 3. The fourth-order valence-electron chi connectivity index (χ4n) is 2.58. The van der Waals surface area contributed by atoms with E-state index in [0.29, 0.717) is 17.3 Å². The Balaban J connectivity index is 2.17. The highest BCUT2D eigenvalue weighted by Crippen LogP contribution is 2.40. The van der Waals surface area contributed by atoms with Gasteiger partial charge in [0.25, 0.3) is 0 Å². The van der Waals surface area contributed by atoms with E-state index >= 15 is 0 Å². The van der Waals surface area contributed by atoms with Crippen molar-refractivity contribution < 1.29 is 5.11 Å². The Morgan fingerprint density at radius 2 is 2.40 bits per heavy atom. The van der Waals surface area contributed by atoms with E-state index in [0.717, 1.165) is 6.42 Å². The smallest absolute Gasteiger partial charge is 0.158 e. The third-order valence-electron chi connectivity index (χ3n) is 3.36. The van der Waals surface area contributed by atoms with Gasteiger partial charge in [-0.05, 0) is 24.7 Å². The Morgan fingerprint density at radius 3 is 3.07 bits per heavy atom. The predicted octanol–water partition coefficient (Wildman–Crippen LogP) is 1.91. The molecule has 1 unspecified atom stereocenters. The summed E-state index contributed by atoms with van der Waals surface area (Å²) in [5, 5.41) is 16.9. The summed E-state index contributed by atoms with van der Waals surface area (Å²) in [6, 6.07) is 0.464. The number of aromatic nitrogens is 3. The molecule has 1 N–H and O–H groups in total. The van der Waals surface area contributed by atoms with E-state index in [-0.39, 0.29) is 6.61 Å². The van der Waals surface area contributed by atoms with Gasteiger partial charge in [-0.1, -0.05) is 20.3 Å². The van der Waals surface area contributed by atoms with Crippen molar-refractivity contribution in [3.8, 4) is 0 Å². The summed E-state index contributed by atoms with van der Waals surface area (Å²) >= 11 is 0. The molecule has 1 aliphatic rings. The fraction of sp³-hybridized carbons (Fsp3) is 0.818. The minimum absolute atomic E-state index is 0.0169. The Labute approximate surface area is 90.3 Å². The van der Waals surface area contributed by atoms with Crippen molar-refractivity contribution in [2.24, 2.45) is 5.41 Å². The third-order valence-corrected chi connectivity index (χ3v) is 3.36. The molecule has 0 aromatic carbocycles. The van der Waals surface area contributed by atoms with Crippen LogP contribution < -0.4 is 0 Å². The van der Waals surface area contributed by atoms with Gasteiger partial charge in [-0.25, -0.2) is 0 Å². The maximum atomic E-state index is 9.14. The number of aliphatic hydroxyl groups excluding tert-OH is 1. The van der Waals surface area contributed by atoms with E-state index in [1.165, 1.54) is 19.3 Å². The van der Waals surface area contributed by atoms with E-state index in [9.17, 15) is 0 Å². The van der Waals surface area contributed by atoms with Crippen LogP contribution in [0.4, 0.5) is 0 Å². The molecule has 0 radical (unpaired) electrons. The lowest BCUT2D eigenvalue weighted by Gasteiger charge is -2.36. The fourth-order valence-corrected chi connectivity index (χ4v) is 2.58. The highest BCUT2D eigenvalue weighted by atomic mass is 16.3. The van der Waals surface area contributed by atoms with Gasteiger partial charge >= 0.3 is 0 Å². The summed E-state index contributed by atoms with van der Waals surface area (Å²) in [5.41, 5.74) is 0.403. The lowest BCUT2D eigenvalue weighted by atomic mass is 9.75. The van der Waals surface area contributed by atoms with Crippen LogP contribution in [0.3, 0.4) is 0 Å². The van der Waals surface area contributed by atoms with Crippen LogP contribution in [0.2, 0.25) is 0 Å². The predicted molar refractivity (Wildman–Crippen MR) is 57.2 cm³/mol. The van der Waals surface area contributed by atoms with E-state index < -0.39 is 0 Å². The minimum atomic E-state index is -0.0169. The molecule has 1 fully saturated rings. The molecule has 15 heavy (non-hydrogen) atoms. The third kappa shape index (κ3) is 2.20. The van der Waals surface area contributed by atoms with Crippen LogP contribution in [-0.2, 0) is 6.61 Å². The molecule has 1 heterocycles. The van der Waals surface area contributed by atoms with E-state index in [1.54, 1.807) is 6.33 Å². The van der Waals surface area contributed by atoms with Crippen LogP contribution in [0, 0.1) is 5.41 Å². The van der Waals surface area contributed by atoms with E-state index in [2.05, 4.69) is 24.0 Å². The monoisotopic (exact) mass is 209 g/mol. The Kier molecular flexibility index (Phi) is 2.78. The molecule has 0 saturated heterocycles. The van der Waals surface area contributed by atoms with Gasteiger partial charge in [-0.2, -0.15) is 0 Å².